The molecule has 1 aromatic carbocycles. The van der Waals surface area contributed by atoms with Crippen LogP contribution >= 0.6 is 12.2 Å². The summed E-state index contributed by atoms with van der Waals surface area (Å²) in [6.45, 7) is 8.76. The fourth-order valence-electron chi connectivity index (χ4n) is 4.15. The standard InChI is InChI=1S/C24H28N4S/c1-15(2)18-9-11-19(12-10-18)28-23(20-14-16(3)27(5)17(20)4)22(26-24(28)29)21-8-6-7-13-25-21/h6-15,22-23H,1-5H3,(H,26,29)/t22-,23+/m0/s1. The average molecular weight is 405 g/mol. The number of hydrogen-bond acceptors (Lipinski definition) is 2. The van der Waals surface area contributed by atoms with Gasteiger partial charge in [0.05, 0.1) is 17.8 Å². The average Bonchev–Trinajstić information content (AvgIpc) is 3.20. The van der Waals surface area contributed by atoms with Crippen molar-refractivity contribution < 1.29 is 0 Å². The van der Waals surface area contributed by atoms with Crippen molar-refractivity contribution in [1.29, 1.82) is 0 Å². The number of benzene rings is 1. The minimum atomic E-state index is -0.00558. The first-order chi connectivity index (χ1) is 13.9. The first-order valence-corrected chi connectivity index (χ1v) is 10.5. The molecule has 0 radical (unpaired) electrons. The van der Waals surface area contributed by atoms with Crippen molar-refractivity contribution in [3.05, 3.63) is 82.9 Å². The number of rotatable bonds is 4. The zero-order chi connectivity index (χ0) is 20.7. The predicted octanol–water partition coefficient (Wildman–Crippen LogP) is 5.34. The molecule has 1 fully saturated rings. The lowest BCUT2D eigenvalue weighted by molar-refractivity contribution is 0.564. The molecule has 4 rings (SSSR count). The Kier molecular flexibility index (Phi) is 5.17. The smallest absolute Gasteiger partial charge is 0.174 e. The molecule has 5 heteroatoms. The van der Waals surface area contributed by atoms with Crippen LogP contribution < -0.4 is 10.2 Å². The van der Waals surface area contributed by atoms with E-state index in [2.05, 4.69) is 90.9 Å². The number of hydrogen-bond donors (Lipinski definition) is 1. The highest BCUT2D eigenvalue weighted by Crippen LogP contribution is 2.43. The van der Waals surface area contributed by atoms with E-state index in [0.717, 1.165) is 16.5 Å². The van der Waals surface area contributed by atoms with E-state index in [1.165, 1.54) is 22.5 Å². The monoisotopic (exact) mass is 404 g/mol. The molecule has 1 aliphatic rings. The second-order valence-electron chi connectivity index (χ2n) is 8.13. The lowest BCUT2D eigenvalue weighted by Gasteiger charge is -2.28. The van der Waals surface area contributed by atoms with Crippen LogP contribution in [-0.4, -0.2) is 14.7 Å². The third-order valence-corrected chi connectivity index (χ3v) is 6.38. The maximum atomic E-state index is 5.82. The number of nitrogens with one attached hydrogen (secondary N) is 1. The van der Waals surface area contributed by atoms with Crippen LogP contribution in [0.1, 0.15) is 60.1 Å². The summed E-state index contributed by atoms with van der Waals surface area (Å²) in [5.41, 5.74) is 7.21. The van der Waals surface area contributed by atoms with Crippen molar-refractivity contribution in [3.8, 4) is 0 Å². The van der Waals surface area contributed by atoms with E-state index in [0.29, 0.717) is 5.92 Å². The Hall–Kier alpha value is -2.66. The molecule has 3 aromatic rings. The van der Waals surface area contributed by atoms with Crippen LogP contribution in [0.2, 0.25) is 0 Å². The number of pyridine rings is 1. The molecule has 1 saturated heterocycles. The zero-order valence-electron chi connectivity index (χ0n) is 17.7. The van der Waals surface area contributed by atoms with E-state index < -0.39 is 0 Å². The van der Waals surface area contributed by atoms with E-state index in [1.54, 1.807) is 0 Å². The molecule has 1 N–H and O–H groups in total. The zero-order valence-corrected chi connectivity index (χ0v) is 18.5. The summed E-state index contributed by atoms with van der Waals surface area (Å²) in [4.78, 5) is 6.89. The summed E-state index contributed by atoms with van der Waals surface area (Å²) in [6.07, 6.45) is 1.85. The van der Waals surface area contributed by atoms with Gasteiger partial charge in [-0.3, -0.25) is 4.98 Å². The second-order valence-corrected chi connectivity index (χ2v) is 8.52. The van der Waals surface area contributed by atoms with Crippen molar-refractivity contribution in [2.75, 3.05) is 4.90 Å². The van der Waals surface area contributed by atoms with Crippen LogP contribution in [0.15, 0.2) is 54.7 Å². The number of aryl methyl sites for hydroxylation is 1. The normalized spacial score (nSPS) is 19.1. The molecular weight excluding hydrogens is 376 g/mol. The molecule has 0 amide bonds. The second kappa shape index (κ2) is 7.64. The van der Waals surface area contributed by atoms with Crippen LogP contribution in [0.25, 0.3) is 0 Å². The van der Waals surface area contributed by atoms with Gasteiger partial charge in [0.25, 0.3) is 0 Å². The Balaban J connectivity index is 1.84. The van der Waals surface area contributed by atoms with Gasteiger partial charge in [-0.15, -0.1) is 0 Å². The first kappa shape index (κ1) is 19.6. The molecule has 0 aliphatic carbocycles. The number of aromatic nitrogens is 2. The van der Waals surface area contributed by atoms with Gasteiger partial charge in [0.15, 0.2) is 5.11 Å². The molecule has 1 aliphatic heterocycles. The quantitative estimate of drug-likeness (QED) is 0.595. The Morgan fingerprint density at radius 1 is 1.07 bits per heavy atom. The minimum Gasteiger partial charge on any atom is -0.352 e. The molecule has 3 heterocycles. The van der Waals surface area contributed by atoms with Gasteiger partial charge in [-0.2, -0.15) is 0 Å². The van der Waals surface area contributed by atoms with Crippen molar-refractivity contribution >= 4 is 23.0 Å². The molecule has 150 valence electrons. The lowest BCUT2D eigenvalue weighted by Crippen LogP contribution is -2.29. The summed E-state index contributed by atoms with van der Waals surface area (Å²) < 4.78 is 2.24. The van der Waals surface area contributed by atoms with Gasteiger partial charge in [-0.25, -0.2) is 0 Å². The summed E-state index contributed by atoms with van der Waals surface area (Å²) in [6, 6.07) is 17.2. The summed E-state index contributed by atoms with van der Waals surface area (Å²) in [5, 5.41) is 4.29. The maximum absolute atomic E-state index is 5.82. The number of anilines is 1. The first-order valence-electron chi connectivity index (χ1n) is 10.1. The van der Waals surface area contributed by atoms with Crippen molar-refractivity contribution in [1.82, 2.24) is 14.9 Å². The topological polar surface area (TPSA) is 33.1 Å². The van der Waals surface area contributed by atoms with Crippen LogP contribution in [0.3, 0.4) is 0 Å². The van der Waals surface area contributed by atoms with Crippen LogP contribution in [0, 0.1) is 13.8 Å². The van der Waals surface area contributed by atoms with E-state index in [-0.39, 0.29) is 12.1 Å². The van der Waals surface area contributed by atoms with Gasteiger partial charge < -0.3 is 14.8 Å². The Morgan fingerprint density at radius 2 is 1.79 bits per heavy atom. The summed E-state index contributed by atoms with van der Waals surface area (Å²) >= 11 is 5.82. The highest BCUT2D eigenvalue weighted by atomic mass is 32.1. The summed E-state index contributed by atoms with van der Waals surface area (Å²) in [5.74, 6) is 0.504. The van der Waals surface area contributed by atoms with Crippen molar-refractivity contribution in [2.45, 2.75) is 45.7 Å². The van der Waals surface area contributed by atoms with E-state index in [4.69, 9.17) is 12.2 Å². The molecule has 29 heavy (non-hydrogen) atoms. The molecule has 0 spiro atoms. The fraction of sp³-hybridized carbons (Fsp3) is 0.333. The van der Waals surface area contributed by atoms with Gasteiger partial charge in [-0.05, 0) is 73.4 Å². The van der Waals surface area contributed by atoms with Gasteiger partial charge >= 0.3 is 0 Å². The fourth-order valence-corrected chi connectivity index (χ4v) is 4.50. The Morgan fingerprint density at radius 3 is 2.34 bits per heavy atom. The predicted molar refractivity (Wildman–Crippen MR) is 123 cm³/mol. The van der Waals surface area contributed by atoms with Gasteiger partial charge in [0, 0.05) is 30.3 Å². The third-order valence-electron chi connectivity index (χ3n) is 6.07. The molecule has 4 nitrogen and oxygen atoms in total. The molecular formula is C24H28N4S. The van der Waals surface area contributed by atoms with E-state index in [1.807, 2.05) is 18.3 Å². The van der Waals surface area contributed by atoms with Crippen LogP contribution in [0.5, 0.6) is 0 Å². The minimum absolute atomic E-state index is 0.00558. The van der Waals surface area contributed by atoms with Gasteiger partial charge in [0.2, 0.25) is 0 Å². The van der Waals surface area contributed by atoms with Crippen LogP contribution in [-0.2, 0) is 7.05 Å². The van der Waals surface area contributed by atoms with E-state index in [9.17, 15) is 0 Å². The van der Waals surface area contributed by atoms with E-state index >= 15 is 0 Å². The maximum Gasteiger partial charge on any atom is 0.174 e. The van der Waals surface area contributed by atoms with Gasteiger partial charge in [-0.1, -0.05) is 32.0 Å². The Labute approximate surface area is 178 Å². The third kappa shape index (κ3) is 3.44. The molecule has 0 bridgehead atoms. The van der Waals surface area contributed by atoms with Crippen molar-refractivity contribution in [3.63, 3.8) is 0 Å². The number of nitrogens with zero attached hydrogens (tertiary/aromatic N) is 3. The highest BCUT2D eigenvalue weighted by Gasteiger charge is 2.42. The van der Waals surface area contributed by atoms with Crippen molar-refractivity contribution in [2.24, 2.45) is 7.05 Å². The molecule has 0 saturated carbocycles. The molecule has 0 unspecified atom stereocenters. The highest BCUT2D eigenvalue weighted by molar-refractivity contribution is 7.80. The van der Waals surface area contributed by atoms with Gasteiger partial charge in [0.1, 0.15) is 0 Å². The summed E-state index contributed by atoms with van der Waals surface area (Å²) in [7, 11) is 2.12. The molecule has 2 aromatic heterocycles. The molecule has 2 atom stereocenters. The van der Waals surface area contributed by atoms with Crippen LogP contribution in [0.4, 0.5) is 5.69 Å². The number of thiocarbonyl (C=S) groups is 1. The lowest BCUT2D eigenvalue weighted by atomic mass is 9.96. The Bertz CT molecular complexity index is 1020. The largest absolute Gasteiger partial charge is 0.352 e. The SMILES string of the molecule is Cc1cc([C@@H]2[C@H](c3ccccn3)NC(=S)N2c2ccc(C(C)C)cc2)c(C)n1C.